The van der Waals surface area contributed by atoms with Gasteiger partial charge in [-0.1, -0.05) is 60.7 Å². The maximum atomic E-state index is 15.4. The number of hydrogen-bond donors (Lipinski definition) is 1. The number of rotatable bonds is 12. The maximum Gasteiger partial charge on any atom is 0.203 e. The minimum absolute atomic E-state index is 0.0439. The van der Waals surface area contributed by atoms with Gasteiger partial charge in [0.15, 0.2) is 34.6 Å². The van der Waals surface area contributed by atoms with Crippen LogP contribution < -0.4 is 28.4 Å². The molecule has 1 N–H and O–H groups in total. The average Bonchev–Trinajstić information content (AvgIpc) is 3.19. The Hall–Kier alpha value is -5.10. The molecule has 268 valence electrons. The summed E-state index contributed by atoms with van der Waals surface area (Å²) < 4.78 is 47.9. The van der Waals surface area contributed by atoms with Gasteiger partial charge >= 0.3 is 0 Å². The van der Waals surface area contributed by atoms with Crippen LogP contribution in [0.5, 0.6) is 34.5 Å². The summed E-state index contributed by atoms with van der Waals surface area (Å²) in [5.74, 6) is -1.90. The van der Waals surface area contributed by atoms with E-state index in [1.807, 2.05) is 60.7 Å². The molecule has 0 saturated heterocycles. The molecule has 11 heteroatoms. The number of carbonyl (C=O) groups is 2. The first kappa shape index (κ1) is 35.7. The zero-order valence-electron chi connectivity index (χ0n) is 29.5. The molecule has 0 aliphatic heterocycles. The summed E-state index contributed by atoms with van der Waals surface area (Å²) in [6.07, 6.45) is -3.33. The number of methoxy groups -OCH3 is 6. The third-order valence-electron chi connectivity index (χ3n) is 9.63. The standard InChI is InChI=1S/C40H42O11/c1-44-28-18-24-30(39(48-5)37(28)46-3)31-25(19-29(45-2)38(47-4)40(31)49-6)34(43)32-35(50-20-22-13-9-7-10-14-22)26(33(24)42)17-27(41)36(32)51-21-23-15-11-8-12-16-23/h7-16,18-19,26-27,32,35-36,41H,17,20-21H2,1-6H3. The lowest BCUT2D eigenvalue weighted by Crippen LogP contribution is -2.56. The van der Waals surface area contributed by atoms with Gasteiger partial charge in [-0.25, -0.2) is 0 Å². The summed E-state index contributed by atoms with van der Waals surface area (Å²) in [5, 5.41) is 11.8. The summed E-state index contributed by atoms with van der Waals surface area (Å²) in [6.45, 7) is 0.214. The zero-order valence-corrected chi connectivity index (χ0v) is 29.5. The molecule has 2 aliphatic rings. The Balaban J connectivity index is 1.66. The molecule has 0 aromatic heterocycles. The van der Waals surface area contributed by atoms with Gasteiger partial charge in [0.2, 0.25) is 11.5 Å². The molecule has 0 heterocycles. The van der Waals surface area contributed by atoms with Crippen molar-refractivity contribution in [3.8, 4) is 45.6 Å². The number of aliphatic hydroxyl groups is 1. The van der Waals surface area contributed by atoms with E-state index in [4.69, 9.17) is 37.9 Å². The Kier molecular flexibility index (Phi) is 10.8. The van der Waals surface area contributed by atoms with Crippen LogP contribution in [-0.2, 0) is 22.7 Å². The number of fused-ring (bicyclic) bond motifs is 5. The lowest BCUT2D eigenvalue weighted by Gasteiger charge is -2.43. The molecule has 4 aromatic carbocycles. The van der Waals surface area contributed by atoms with E-state index in [1.54, 1.807) is 12.1 Å². The first-order valence-electron chi connectivity index (χ1n) is 16.5. The van der Waals surface area contributed by atoms with E-state index in [2.05, 4.69) is 0 Å². The van der Waals surface area contributed by atoms with Gasteiger partial charge in [-0.05, 0) is 29.7 Å². The highest BCUT2D eigenvalue weighted by atomic mass is 16.5. The average molecular weight is 699 g/mol. The molecular weight excluding hydrogens is 656 g/mol. The van der Waals surface area contributed by atoms with Crippen LogP contribution in [0.4, 0.5) is 0 Å². The Morgan fingerprint density at radius 2 is 1.00 bits per heavy atom. The molecule has 5 atom stereocenters. The third-order valence-corrected chi connectivity index (χ3v) is 9.63. The van der Waals surface area contributed by atoms with Crippen molar-refractivity contribution in [2.75, 3.05) is 42.7 Å². The highest BCUT2D eigenvalue weighted by Gasteiger charge is 2.54. The zero-order chi connectivity index (χ0) is 36.2. The molecule has 4 aromatic rings. The van der Waals surface area contributed by atoms with Gasteiger partial charge in [-0.15, -0.1) is 0 Å². The summed E-state index contributed by atoms with van der Waals surface area (Å²) >= 11 is 0. The Morgan fingerprint density at radius 3 is 1.43 bits per heavy atom. The smallest absolute Gasteiger partial charge is 0.203 e. The van der Waals surface area contributed by atoms with Crippen LogP contribution in [0, 0.1) is 11.8 Å². The highest BCUT2D eigenvalue weighted by Crippen LogP contribution is 2.56. The molecule has 11 nitrogen and oxygen atoms in total. The van der Waals surface area contributed by atoms with E-state index >= 15 is 9.59 Å². The third kappa shape index (κ3) is 6.48. The minimum atomic E-state index is -1.21. The molecule has 2 bridgehead atoms. The Morgan fingerprint density at radius 1 is 0.569 bits per heavy atom. The van der Waals surface area contributed by atoms with Crippen LogP contribution >= 0.6 is 0 Å². The Labute approximate surface area is 296 Å². The van der Waals surface area contributed by atoms with E-state index in [0.717, 1.165) is 11.1 Å². The van der Waals surface area contributed by atoms with Crippen molar-refractivity contribution in [2.24, 2.45) is 11.8 Å². The predicted molar refractivity (Wildman–Crippen MR) is 187 cm³/mol. The molecule has 51 heavy (non-hydrogen) atoms. The molecule has 2 aliphatic carbocycles. The van der Waals surface area contributed by atoms with E-state index in [1.165, 1.54) is 42.7 Å². The number of aliphatic hydroxyl groups excluding tert-OH is 1. The van der Waals surface area contributed by atoms with Gasteiger partial charge in [0.1, 0.15) is 0 Å². The monoisotopic (exact) mass is 698 g/mol. The van der Waals surface area contributed by atoms with Gasteiger partial charge in [0.05, 0.1) is 86.0 Å². The van der Waals surface area contributed by atoms with Crippen molar-refractivity contribution < 1.29 is 52.6 Å². The molecular formula is C40H42O11. The lowest BCUT2D eigenvalue weighted by molar-refractivity contribution is -0.150. The molecule has 0 radical (unpaired) electrons. The number of ketones is 2. The summed E-state index contributed by atoms with van der Waals surface area (Å²) in [4.78, 5) is 30.6. The van der Waals surface area contributed by atoms with Crippen molar-refractivity contribution >= 4 is 11.6 Å². The number of carbonyl (C=O) groups excluding carboxylic acids is 2. The molecule has 1 fully saturated rings. The molecule has 5 unspecified atom stereocenters. The quantitative estimate of drug-likeness (QED) is 0.189. The second kappa shape index (κ2) is 15.4. The van der Waals surface area contributed by atoms with Crippen molar-refractivity contribution in [1.29, 1.82) is 0 Å². The summed E-state index contributed by atoms with van der Waals surface area (Å²) in [5.41, 5.74) is 2.41. The van der Waals surface area contributed by atoms with Gasteiger partial charge in [0.25, 0.3) is 0 Å². The first-order chi connectivity index (χ1) is 24.8. The van der Waals surface area contributed by atoms with Crippen LogP contribution in [0.2, 0.25) is 0 Å². The molecule has 6 rings (SSSR count). The first-order valence-corrected chi connectivity index (χ1v) is 16.5. The second-order valence-electron chi connectivity index (χ2n) is 12.3. The van der Waals surface area contributed by atoms with Crippen molar-refractivity contribution in [2.45, 2.75) is 37.9 Å². The van der Waals surface area contributed by atoms with Crippen LogP contribution in [-0.4, -0.2) is 77.6 Å². The predicted octanol–water partition coefficient (Wildman–Crippen LogP) is 5.95. The lowest BCUT2D eigenvalue weighted by atomic mass is 9.70. The minimum Gasteiger partial charge on any atom is -0.493 e. The van der Waals surface area contributed by atoms with Gasteiger partial charge in [0, 0.05) is 22.3 Å². The SMILES string of the molecule is COc1cc2c(c(OC)c1OC)-c1c(cc(OC)c(OC)c1OC)C(=O)C1C(OCc3ccccc3)C(O)CC(C2=O)C1OCc1ccccc1. The fourth-order valence-electron chi connectivity index (χ4n) is 7.30. The Bertz CT molecular complexity index is 1880. The number of ether oxygens (including phenoxy) is 8. The van der Waals surface area contributed by atoms with Crippen LogP contribution in [0.25, 0.3) is 11.1 Å². The topological polar surface area (TPSA) is 128 Å². The second-order valence-corrected chi connectivity index (χ2v) is 12.3. The fraction of sp³-hybridized carbons (Fsp3) is 0.350. The molecule has 1 saturated carbocycles. The van der Waals surface area contributed by atoms with E-state index in [-0.39, 0.29) is 76.4 Å². The molecule has 0 amide bonds. The fourth-order valence-corrected chi connectivity index (χ4v) is 7.30. The van der Waals surface area contributed by atoms with Crippen LogP contribution in [0.1, 0.15) is 38.3 Å². The number of hydrogen-bond acceptors (Lipinski definition) is 11. The van der Waals surface area contributed by atoms with Crippen molar-refractivity contribution in [1.82, 2.24) is 0 Å². The van der Waals surface area contributed by atoms with E-state index in [9.17, 15) is 5.11 Å². The van der Waals surface area contributed by atoms with E-state index in [0.29, 0.717) is 0 Å². The van der Waals surface area contributed by atoms with Crippen molar-refractivity contribution in [3.05, 3.63) is 95.1 Å². The van der Waals surface area contributed by atoms with Gasteiger partial charge in [-0.3, -0.25) is 9.59 Å². The maximum absolute atomic E-state index is 15.4. The molecule has 0 spiro atoms. The highest BCUT2D eigenvalue weighted by molar-refractivity contribution is 6.15. The van der Waals surface area contributed by atoms with Crippen molar-refractivity contribution in [3.63, 3.8) is 0 Å². The van der Waals surface area contributed by atoms with Gasteiger partial charge < -0.3 is 43.0 Å². The normalized spacial score (nSPS) is 21.0. The van der Waals surface area contributed by atoms with Crippen LogP contribution in [0.15, 0.2) is 72.8 Å². The number of benzene rings is 4. The summed E-state index contributed by atoms with van der Waals surface area (Å²) in [7, 11) is 8.68. The summed E-state index contributed by atoms with van der Waals surface area (Å²) in [6, 6.07) is 22.1. The number of Topliss-reactive ketones (excluding diaryl/α,β-unsaturated/α-hetero) is 2. The van der Waals surface area contributed by atoms with E-state index < -0.39 is 41.7 Å². The van der Waals surface area contributed by atoms with Crippen LogP contribution in [0.3, 0.4) is 0 Å². The largest absolute Gasteiger partial charge is 0.493 e. The van der Waals surface area contributed by atoms with Gasteiger partial charge in [-0.2, -0.15) is 0 Å².